The zero-order chi connectivity index (χ0) is 13.7. The lowest BCUT2D eigenvalue weighted by molar-refractivity contribution is -0.136. The van der Waals surface area contributed by atoms with E-state index in [2.05, 4.69) is 0 Å². The van der Waals surface area contributed by atoms with Gasteiger partial charge in [-0.3, -0.25) is 9.59 Å². The Morgan fingerprint density at radius 3 is 2.61 bits per heavy atom. The Morgan fingerprint density at radius 2 is 2.06 bits per heavy atom. The van der Waals surface area contributed by atoms with Gasteiger partial charge >= 0.3 is 5.97 Å². The molecular formula is C13H16ClNO3. The summed E-state index contributed by atoms with van der Waals surface area (Å²) >= 11 is 6.01. The number of aliphatic carboxylic acids is 1. The van der Waals surface area contributed by atoms with E-state index in [9.17, 15) is 9.59 Å². The maximum atomic E-state index is 11.9. The van der Waals surface area contributed by atoms with E-state index in [0.29, 0.717) is 17.1 Å². The van der Waals surface area contributed by atoms with Crippen LogP contribution in [0.4, 0.5) is 5.69 Å². The minimum atomic E-state index is -0.927. The number of hydrogen-bond donors (Lipinski definition) is 1. The van der Waals surface area contributed by atoms with E-state index < -0.39 is 5.97 Å². The summed E-state index contributed by atoms with van der Waals surface area (Å²) in [5.74, 6) is -1.04. The summed E-state index contributed by atoms with van der Waals surface area (Å²) in [5.41, 5.74) is 1.46. The lowest BCUT2D eigenvalue weighted by atomic mass is 10.1. The number of hydrogen-bond acceptors (Lipinski definition) is 2. The molecule has 0 bridgehead atoms. The van der Waals surface area contributed by atoms with Gasteiger partial charge in [0.25, 0.3) is 0 Å². The average molecular weight is 270 g/mol. The Balaban J connectivity index is 3.05. The lowest BCUT2D eigenvalue weighted by Gasteiger charge is -2.24. The molecule has 5 heteroatoms. The predicted octanol–water partition coefficient (Wildman–Crippen LogP) is 2.87. The summed E-state index contributed by atoms with van der Waals surface area (Å²) < 4.78 is 0. The van der Waals surface area contributed by atoms with E-state index in [0.717, 1.165) is 5.56 Å². The van der Waals surface area contributed by atoms with Gasteiger partial charge in [0.1, 0.15) is 0 Å². The van der Waals surface area contributed by atoms with Crippen molar-refractivity contribution in [2.75, 3.05) is 11.4 Å². The second kappa shape index (κ2) is 6.40. The zero-order valence-electron chi connectivity index (χ0n) is 10.4. The third kappa shape index (κ3) is 3.47. The second-order valence-corrected chi connectivity index (χ2v) is 4.33. The molecule has 0 heterocycles. The van der Waals surface area contributed by atoms with Crippen molar-refractivity contribution in [3.8, 4) is 0 Å². The smallest absolute Gasteiger partial charge is 0.305 e. The average Bonchev–Trinajstić information content (AvgIpc) is 2.33. The molecule has 1 N–H and O–H groups in total. The summed E-state index contributed by atoms with van der Waals surface area (Å²) in [6.45, 7) is 3.72. The molecule has 0 aliphatic carbocycles. The van der Waals surface area contributed by atoms with Gasteiger partial charge < -0.3 is 10.0 Å². The highest BCUT2D eigenvalue weighted by Crippen LogP contribution is 2.27. The van der Waals surface area contributed by atoms with Crippen LogP contribution in [0.3, 0.4) is 0 Å². The molecule has 98 valence electrons. The van der Waals surface area contributed by atoms with E-state index in [1.807, 2.05) is 6.92 Å². The Kier molecular flexibility index (Phi) is 5.16. The molecule has 18 heavy (non-hydrogen) atoms. The van der Waals surface area contributed by atoms with Gasteiger partial charge in [-0.15, -0.1) is 0 Å². The van der Waals surface area contributed by atoms with E-state index in [-0.39, 0.29) is 18.9 Å². The fourth-order valence-electron chi connectivity index (χ4n) is 1.67. The van der Waals surface area contributed by atoms with Crippen LogP contribution in [0.5, 0.6) is 0 Å². The van der Waals surface area contributed by atoms with Crippen molar-refractivity contribution in [3.63, 3.8) is 0 Å². The number of anilines is 1. The maximum absolute atomic E-state index is 11.9. The number of carboxylic acids is 1. The second-order valence-electron chi connectivity index (χ2n) is 3.93. The number of carbonyl (C=O) groups excluding carboxylic acids is 1. The van der Waals surface area contributed by atoms with Crippen LogP contribution in [-0.4, -0.2) is 23.5 Å². The van der Waals surface area contributed by atoms with Crippen LogP contribution in [-0.2, 0) is 9.59 Å². The van der Waals surface area contributed by atoms with Crippen molar-refractivity contribution in [2.24, 2.45) is 0 Å². The first-order chi connectivity index (χ1) is 8.47. The van der Waals surface area contributed by atoms with Crippen molar-refractivity contribution in [1.29, 1.82) is 0 Å². The molecule has 0 fully saturated rings. The van der Waals surface area contributed by atoms with Crippen molar-refractivity contribution in [2.45, 2.75) is 26.7 Å². The van der Waals surface area contributed by atoms with Gasteiger partial charge in [0.15, 0.2) is 0 Å². The predicted molar refractivity (Wildman–Crippen MR) is 71.1 cm³/mol. The third-order valence-electron chi connectivity index (χ3n) is 2.68. The largest absolute Gasteiger partial charge is 0.481 e. The number of halogens is 1. The molecule has 1 aromatic rings. The van der Waals surface area contributed by atoms with Crippen LogP contribution in [0.2, 0.25) is 5.02 Å². The van der Waals surface area contributed by atoms with Crippen LogP contribution in [0.25, 0.3) is 0 Å². The van der Waals surface area contributed by atoms with E-state index in [1.54, 1.807) is 25.1 Å². The third-order valence-corrected chi connectivity index (χ3v) is 3.09. The van der Waals surface area contributed by atoms with Gasteiger partial charge in [-0.05, 0) is 24.6 Å². The molecule has 1 aromatic carbocycles. The molecule has 0 aliphatic heterocycles. The Hall–Kier alpha value is -1.55. The number of amides is 1. The van der Waals surface area contributed by atoms with E-state index in [4.69, 9.17) is 16.7 Å². The number of carboxylic acid groups (broad SMARTS) is 1. The Morgan fingerprint density at radius 1 is 1.39 bits per heavy atom. The van der Waals surface area contributed by atoms with Crippen molar-refractivity contribution in [1.82, 2.24) is 0 Å². The molecule has 0 aliphatic rings. The standard InChI is InChI=1S/C13H16ClNO3/c1-3-12(16)15(8-7-13(17)18)11-6-4-5-10(14)9(11)2/h4-6H,3,7-8H2,1-2H3,(H,17,18). The van der Waals surface area contributed by atoms with Crippen LogP contribution in [0, 0.1) is 6.92 Å². The molecule has 0 aromatic heterocycles. The van der Waals surface area contributed by atoms with Crippen LogP contribution < -0.4 is 4.90 Å². The van der Waals surface area contributed by atoms with Gasteiger partial charge in [-0.25, -0.2) is 0 Å². The van der Waals surface area contributed by atoms with Crippen molar-refractivity contribution >= 4 is 29.2 Å². The monoisotopic (exact) mass is 269 g/mol. The first kappa shape index (κ1) is 14.5. The zero-order valence-corrected chi connectivity index (χ0v) is 11.2. The quantitative estimate of drug-likeness (QED) is 0.894. The first-order valence-electron chi connectivity index (χ1n) is 5.74. The van der Waals surface area contributed by atoms with E-state index in [1.165, 1.54) is 4.90 Å². The van der Waals surface area contributed by atoms with Gasteiger partial charge in [0.05, 0.1) is 6.42 Å². The summed E-state index contributed by atoms with van der Waals surface area (Å²) in [4.78, 5) is 24.0. The molecule has 0 atom stereocenters. The Labute approximate surface area is 111 Å². The molecule has 1 amide bonds. The van der Waals surface area contributed by atoms with Gasteiger partial charge in [0, 0.05) is 23.7 Å². The number of carbonyl (C=O) groups is 2. The van der Waals surface area contributed by atoms with Crippen LogP contribution >= 0.6 is 11.6 Å². The number of benzene rings is 1. The van der Waals surface area contributed by atoms with Crippen LogP contribution in [0.1, 0.15) is 25.3 Å². The number of rotatable bonds is 5. The maximum Gasteiger partial charge on any atom is 0.305 e. The Bertz CT molecular complexity index is 460. The van der Waals surface area contributed by atoms with Gasteiger partial charge in [-0.1, -0.05) is 24.6 Å². The molecule has 0 spiro atoms. The van der Waals surface area contributed by atoms with Crippen molar-refractivity contribution < 1.29 is 14.7 Å². The summed E-state index contributed by atoms with van der Waals surface area (Å²) in [6, 6.07) is 5.27. The molecule has 1 rings (SSSR count). The highest BCUT2D eigenvalue weighted by Gasteiger charge is 2.17. The SMILES string of the molecule is CCC(=O)N(CCC(=O)O)c1cccc(Cl)c1C. The summed E-state index contributed by atoms with van der Waals surface area (Å²) in [5, 5.41) is 9.29. The van der Waals surface area contributed by atoms with Gasteiger partial charge in [-0.2, -0.15) is 0 Å². The highest BCUT2D eigenvalue weighted by molar-refractivity contribution is 6.31. The molecule has 0 radical (unpaired) electrons. The van der Waals surface area contributed by atoms with Gasteiger partial charge in [0.2, 0.25) is 5.91 Å². The first-order valence-corrected chi connectivity index (χ1v) is 6.12. The number of nitrogens with zero attached hydrogens (tertiary/aromatic N) is 1. The fraction of sp³-hybridized carbons (Fsp3) is 0.385. The fourth-order valence-corrected chi connectivity index (χ4v) is 1.84. The molecule has 0 unspecified atom stereocenters. The van der Waals surface area contributed by atoms with Crippen LogP contribution in [0.15, 0.2) is 18.2 Å². The summed E-state index contributed by atoms with van der Waals surface area (Å²) in [7, 11) is 0. The lowest BCUT2D eigenvalue weighted by Crippen LogP contribution is -2.33. The molecular weight excluding hydrogens is 254 g/mol. The molecule has 4 nitrogen and oxygen atoms in total. The molecule has 0 saturated heterocycles. The van der Waals surface area contributed by atoms with Crippen molar-refractivity contribution in [3.05, 3.63) is 28.8 Å². The minimum absolute atomic E-state index is 0.0856. The molecule has 0 saturated carbocycles. The topological polar surface area (TPSA) is 57.6 Å². The summed E-state index contributed by atoms with van der Waals surface area (Å²) in [6.07, 6.45) is 0.239. The minimum Gasteiger partial charge on any atom is -0.481 e. The highest BCUT2D eigenvalue weighted by atomic mass is 35.5. The van der Waals surface area contributed by atoms with E-state index >= 15 is 0 Å². The normalized spacial score (nSPS) is 10.2.